The SMILES string of the molecule is [B]c1cc(C(=O)CC(=O)C(=O)O)cc(Br)c1O. The molecule has 0 aromatic heterocycles. The number of carbonyl (C=O) groups is 3. The zero-order valence-corrected chi connectivity index (χ0v) is 10.0. The lowest BCUT2D eigenvalue weighted by molar-refractivity contribution is -0.148. The van der Waals surface area contributed by atoms with Crippen molar-refractivity contribution in [1.82, 2.24) is 0 Å². The normalized spacial score (nSPS) is 9.94. The van der Waals surface area contributed by atoms with Gasteiger partial charge in [-0.3, -0.25) is 9.59 Å². The summed E-state index contributed by atoms with van der Waals surface area (Å²) in [4.78, 5) is 32.7. The minimum Gasteiger partial charge on any atom is -0.507 e. The summed E-state index contributed by atoms with van der Waals surface area (Å²) in [5, 5.41) is 17.7. The van der Waals surface area contributed by atoms with E-state index < -0.39 is 24.0 Å². The van der Waals surface area contributed by atoms with Gasteiger partial charge in [0.1, 0.15) is 13.6 Å². The molecule has 0 heterocycles. The number of rotatable bonds is 4. The van der Waals surface area contributed by atoms with E-state index >= 15 is 0 Å². The standard InChI is InChI=1S/C10H6BBrO5/c11-5-1-4(2-6(12)9(5)15)7(13)3-8(14)10(16)17/h1-2,15H,3H2,(H,16,17). The molecule has 0 aliphatic heterocycles. The van der Waals surface area contributed by atoms with Gasteiger partial charge in [0, 0.05) is 5.56 Å². The van der Waals surface area contributed by atoms with Crippen LogP contribution >= 0.6 is 15.9 Å². The first-order valence-electron chi connectivity index (χ1n) is 4.40. The molecule has 0 unspecified atom stereocenters. The first-order chi connectivity index (χ1) is 7.82. The molecule has 0 aliphatic rings. The van der Waals surface area contributed by atoms with Gasteiger partial charge in [0.2, 0.25) is 5.78 Å². The van der Waals surface area contributed by atoms with E-state index in [1.165, 1.54) is 12.1 Å². The van der Waals surface area contributed by atoms with Gasteiger partial charge in [0.25, 0.3) is 0 Å². The van der Waals surface area contributed by atoms with Gasteiger partial charge < -0.3 is 10.2 Å². The van der Waals surface area contributed by atoms with E-state index in [2.05, 4.69) is 15.9 Å². The van der Waals surface area contributed by atoms with Crippen LogP contribution in [0, 0.1) is 0 Å². The molecule has 0 saturated heterocycles. The third-order valence-electron chi connectivity index (χ3n) is 1.97. The molecule has 1 aromatic rings. The lowest BCUT2D eigenvalue weighted by Gasteiger charge is -2.05. The molecule has 17 heavy (non-hydrogen) atoms. The van der Waals surface area contributed by atoms with Gasteiger partial charge in [-0.15, -0.1) is 0 Å². The maximum absolute atomic E-state index is 11.5. The largest absolute Gasteiger partial charge is 0.507 e. The predicted octanol–water partition coefficient (Wildman–Crippen LogP) is 0.175. The van der Waals surface area contributed by atoms with Crippen molar-refractivity contribution in [2.24, 2.45) is 0 Å². The van der Waals surface area contributed by atoms with E-state index in [4.69, 9.17) is 13.0 Å². The Morgan fingerprint density at radius 1 is 1.29 bits per heavy atom. The topological polar surface area (TPSA) is 91.7 Å². The zero-order valence-electron chi connectivity index (χ0n) is 8.44. The number of aromatic hydroxyl groups is 1. The molecule has 0 aliphatic carbocycles. The van der Waals surface area contributed by atoms with Crippen molar-refractivity contribution in [1.29, 1.82) is 0 Å². The van der Waals surface area contributed by atoms with Gasteiger partial charge in [-0.05, 0) is 22.0 Å². The van der Waals surface area contributed by atoms with Crippen LogP contribution in [0.3, 0.4) is 0 Å². The van der Waals surface area contributed by atoms with Crippen LogP contribution in [0.25, 0.3) is 0 Å². The van der Waals surface area contributed by atoms with Crippen LogP contribution in [0.5, 0.6) is 5.75 Å². The molecule has 0 spiro atoms. The molecule has 0 atom stereocenters. The van der Waals surface area contributed by atoms with Crippen LogP contribution in [0.15, 0.2) is 16.6 Å². The molecule has 2 radical (unpaired) electrons. The first kappa shape index (κ1) is 13.4. The number of halogens is 1. The Morgan fingerprint density at radius 3 is 2.35 bits per heavy atom. The second kappa shape index (κ2) is 5.14. The van der Waals surface area contributed by atoms with E-state index in [1.807, 2.05) is 0 Å². The maximum Gasteiger partial charge on any atom is 0.372 e. The van der Waals surface area contributed by atoms with Gasteiger partial charge in [0.15, 0.2) is 5.78 Å². The number of aliphatic carboxylic acids is 1. The van der Waals surface area contributed by atoms with E-state index in [0.29, 0.717) is 0 Å². The Labute approximate surface area is 106 Å². The fourth-order valence-corrected chi connectivity index (χ4v) is 1.58. The van der Waals surface area contributed by atoms with Crippen molar-refractivity contribution in [3.8, 4) is 5.75 Å². The fraction of sp³-hybridized carbons (Fsp3) is 0.100. The van der Waals surface area contributed by atoms with Gasteiger partial charge in [0.05, 0.1) is 10.9 Å². The summed E-state index contributed by atoms with van der Waals surface area (Å²) >= 11 is 2.98. The summed E-state index contributed by atoms with van der Waals surface area (Å²) in [6.07, 6.45) is -0.744. The molecule has 5 nitrogen and oxygen atoms in total. The molecular formula is C10H6BBrO5. The van der Waals surface area contributed by atoms with Crippen molar-refractivity contribution < 1.29 is 24.6 Å². The number of Topliss-reactive ketones (excluding diaryl/α,β-unsaturated/α-hetero) is 2. The van der Waals surface area contributed by atoms with Gasteiger partial charge in [-0.2, -0.15) is 0 Å². The maximum atomic E-state index is 11.5. The minimum absolute atomic E-state index is 0.0366. The summed E-state index contributed by atoms with van der Waals surface area (Å²) < 4.78 is 0.198. The number of ketones is 2. The average molecular weight is 297 g/mol. The molecule has 1 rings (SSSR count). The zero-order chi connectivity index (χ0) is 13.2. The first-order valence-corrected chi connectivity index (χ1v) is 5.19. The molecule has 0 saturated carbocycles. The molecule has 86 valence electrons. The highest BCUT2D eigenvalue weighted by Crippen LogP contribution is 2.22. The number of hydrogen-bond donors (Lipinski definition) is 2. The number of phenols is 1. The molecule has 1 aromatic carbocycles. The van der Waals surface area contributed by atoms with Crippen molar-refractivity contribution in [3.63, 3.8) is 0 Å². The quantitative estimate of drug-likeness (QED) is 0.358. The highest BCUT2D eigenvalue weighted by atomic mass is 79.9. The smallest absolute Gasteiger partial charge is 0.372 e. The molecular weight excluding hydrogens is 291 g/mol. The Morgan fingerprint density at radius 2 is 1.88 bits per heavy atom. The average Bonchev–Trinajstić information content (AvgIpc) is 2.24. The second-order valence-electron chi connectivity index (χ2n) is 3.22. The Hall–Kier alpha value is -1.63. The van der Waals surface area contributed by atoms with Gasteiger partial charge in [-0.25, -0.2) is 4.79 Å². The number of carbonyl (C=O) groups excluding carboxylic acids is 2. The van der Waals surface area contributed by atoms with Gasteiger partial charge in [-0.1, -0.05) is 11.5 Å². The van der Waals surface area contributed by atoms with Crippen molar-refractivity contribution in [2.75, 3.05) is 0 Å². The Balaban J connectivity index is 2.98. The highest BCUT2D eigenvalue weighted by molar-refractivity contribution is 9.10. The van der Waals surface area contributed by atoms with Crippen LogP contribution in [-0.4, -0.2) is 35.6 Å². The summed E-state index contributed by atoms with van der Waals surface area (Å²) in [6, 6.07) is 2.45. The summed E-state index contributed by atoms with van der Waals surface area (Å²) in [6.45, 7) is 0. The van der Waals surface area contributed by atoms with Crippen LogP contribution < -0.4 is 5.46 Å². The van der Waals surface area contributed by atoms with Crippen molar-refractivity contribution in [3.05, 3.63) is 22.2 Å². The summed E-state index contributed by atoms with van der Waals surface area (Å²) in [5.74, 6) is -3.75. The monoisotopic (exact) mass is 296 g/mol. The van der Waals surface area contributed by atoms with Crippen LogP contribution in [-0.2, 0) is 9.59 Å². The van der Waals surface area contributed by atoms with E-state index in [1.54, 1.807) is 0 Å². The summed E-state index contributed by atoms with van der Waals surface area (Å²) in [5.41, 5.74) is 0.0206. The summed E-state index contributed by atoms with van der Waals surface area (Å²) in [7, 11) is 5.42. The number of carboxylic acid groups (broad SMARTS) is 1. The van der Waals surface area contributed by atoms with Crippen molar-refractivity contribution in [2.45, 2.75) is 6.42 Å². The number of hydrogen-bond acceptors (Lipinski definition) is 4. The van der Waals surface area contributed by atoms with Crippen LogP contribution in [0.1, 0.15) is 16.8 Å². The number of carboxylic acids is 1. The Bertz CT molecular complexity index is 488. The van der Waals surface area contributed by atoms with E-state index in [9.17, 15) is 19.5 Å². The molecule has 2 N–H and O–H groups in total. The van der Waals surface area contributed by atoms with Crippen LogP contribution in [0.2, 0.25) is 0 Å². The second-order valence-corrected chi connectivity index (χ2v) is 4.08. The number of benzene rings is 1. The lowest BCUT2D eigenvalue weighted by Crippen LogP contribution is -2.18. The lowest BCUT2D eigenvalue weighted by atomic mass is 9.91. The molecule has 0 amide bonds. The number of phenolic OH excluding ortho intramolecular Hbond substituents is 1. The Kier molecular flexibility index (Phi) is 4.06. The predicted molar refractivity (Wildman–Crippen MR) is 62.8 cm³/mol. The van der Waals surface area contributed by atoms with E-state index in [-0.39, 0.29) is 21.2 Å². The third-order valence-corrected chi connectivity index (χ3v) is 2.58. The third kappa shape index (κ3) is 3.16. The van der Waals surface area contributed by atoms with E-state index in [0.717, 1.165) is 0 Å². The molecule has 7 heteroatoms. The highest BCUT2D eigenvalue weighted by Gasteiger charge is 2.18. The minimum atomic E-state index is -1.66. The molecule has 0 fully saturated rings. The van der Waals surface area contributed by atoms with Gasteiger partial charge >= 0.3 is 5.97 Å². The van der Waals surface area contributed by atoms with Crippen molar-refractivity contribution >= 4 is 46.8 Å². The van der Waals surface area contributed by atoms with Crippen LogP contribution in [0.4, 0.5) is 0 Å². The molecule has 0 bridgehead atoms. The fourth-order valence-electron chi connectivity index (χ4n) is 1.10.